The number of imidazole rings is 1. The van der Waals surface area contributed by atoms with Crippen LogP contribution in [0.15, 0.2) is 11.0 Å². The van der Waals surface area contributed by atoms with Crippen LogP contribution in [0.3, 0.4) is 0 Å². The van der Waals surface area contributed by atoms with Crippen molar-refractivity contribution in [1.29, 1.82) is 0 Å². The van der Waals surface area contributed by atoms with Crippen molar-refractivity contribution in [3.63, 3.8) is 0 Å². The van der Waals surface area contributed by atoms with Crippen LogP contribution in [0.25, 0.3) is 11.2 Å². The lowest BCUT2D eigenvalue weighted by Crippen LogP contribution is -2.25. The standard InChI is InChI=1S/C15H19F2N7O/c1-9-10(22-25-21-9)5-23-8-18-11-12(23)19-14(15(2,3)4)20-13(11)24(6-16)7-17/h8H,5-7H2,1-4H3. The minimum Gasteiger partial charge on any atom is -0.309 e. The summed E-state index contributed by atoms with van der Waals surface area (Å²) in [7, 11) is 0. The van der Waals surface area contributed by atoms with E-state index in [-0.39, 0.29) is 5.82 Å². The third kappa shape index (κ3) is 3.15. The zero-order chi connectivity index (χ0) is 18.2. The van der Waals surface area contributed by atoms with Crippen LogP contribution >= 0.6 is 0 Å². The number of halogens is 2. The fraction of sp³-hybridized carbons (Fsp3) is 0.533. The summed E-state index contributed by atoms with van der Waals surface area (Å²) in [4.78, 5) is 14.0. The first-order chi connectivity index (χ1) is 11.8. The smallest absolute Gasteiger partial charge is 0.166 e. The van der Waals surface area contributed by atoms with Crippen LogP contribution in [0.5, 0.6) is 0 Å². The van der Waals surface area contributed by atoms with Gasteiger partial charge in [0.05, 0.1) is 12.9 Å². The van der Waals surface area contributed by atoms with Gasteiger partial charge in [0, 0.05) is 5.41 Å². The molecule has 3 aromatic rings. The summed E-state index contributed by atoms with van der Waals surface area (Å²) in [6, 6.07) is 0. The van der Waals surface area contributed by atoms with Gasteiger partial charge in [-0.2, -0.15) is 0 Å². The number of hydrogen-bond donors (Lipinski definition) is 0. The quantitative estimate of drug-likeness (QED) is 0.653. The van der Waals surface area contributed by atoms with Gasteiger partial charge in [-0.15, -0.1) is 0 Å². The predicted molar refractivity (Wildman–Crippen MR) is 86.6 cm³/mol. The van der Waals surface area contributed by atoms with E-state index in [1.165, 1.54) is 6.33 Å². The number of rotatable bonds is 5. The zero-order valence-corrected chi connectivity index (χ0v) is 14.5. The number of alkyl halides is 2. The highest BCUT2D eigenvalue weighted by atomic mass is 19.1. The molecule has 8 nitrogen and oxygen atoms in total. The molecule has 3 rings (SSSR count). The molecule has 3 heterocycles. The van der Waals surface area contributed by atoms with Crippen LogP contribution in [0.4, 0.5) is 14.6 Å². The van der Waals surface area contributed by atoms with Crippen molar-refractivity contribution in [3.05, 3.63) is 23.5 Å². The molecule has 0 N–H and O–H groups in total. The molecule has 0 unspecified atom stereocenters. The summed E-state index contributed by atoms with van der Waals surface area (Å²) in [6.45, 7) is 5.88. The number of hydrogen-bond acceptors (Lipinski definition) is 7. The summed E-state index contributed by atoms with van der Waals surface area (Å²) < 4.78 is 32.9. The van der Waals surface area contributed by atoms with Crippen molar-refractivity contribution in [2.75, 3.05) is 18.5 Å². The Hall–Kier alpha value is -2.65. The normalized spacial score (nSPS) is 12.1. The van der Waals surface area contributed by atoms with E-state index >= 15 is 0 Å². The monoisotopic (exact) mass is 351 g/mol. The molecule has 0 aliphatic carbocycles. The summed E-state index contributed by atoms with van der Waals surface area (Å²) in [6.07, 6.45) is 1.54. The lowest BCUT2D eigenvalue weighted by Gasteiger charge is -2.21. The topological polar surface area (TPSA) is 85.8 Å². The van der Waals surface area contributed by atoms with Gasteiger partial charge in [0.25, 0.3) is 0 Å². The first kappa shape index (κ1) is 17.2. The van der Waals surface area contributed by atoms with Gasteiger partial charge in [0.15, 0.2) is 30.6 Å². The van der Waals surface area contributed by atoms with E-state index in [9.17, 15) is 8.78 Å². The third-order valence-electron chi connectivity index (χ3n) is 3.77. The molecule has 0 saturated carbocycles. The van der Waals surface area contributed by atoms with Gasteiger partial charge in [-0.05, 0) is 6.92 Å². The van der Waals surface area contributed by atoms with Crippen molar-refractivity contribution in [1.82, 2.24) is 29.8 Å². The summed E-state index contributed by atoms with van der Waals surface area (Å²) in [5.41, 5.74) is 1.69. The lowest BCUT2D eigenvalue weighted by molar-refractivity contribution is 0.300. The maximum Gasteiger partial charge on any atom is 0.166 e. The summed E-state index contributed by atoms with van der Waals surface area (Å²) in [5.74, 6) is 0.604. The van der Waals surface area contributed by atoms with E-state index in [2.05, 4.69) is 25.3 Å². The van der Waals surface area contributed by atoms with Gasteiger partial charge >= 0.3 is 0 Å². The molecule has 0 saturated heterocycles. The van der Waals surface area contributed by atoms with Crippen LogP contribution in [0, 0.1) is 6.92 Å². The average Bonchev–Trinajstić information content (AvgIpc) is 3.15. The number of aryl methyl sites for hydroxylation is 1. The summed E-state index contributed by atoms with van der Waals surface area (Å²) >= 11 is 0. The Morgan fingerprint density at radius 2 is 1.88 bits per heavy atom. The van der Waals surface area contributed by atoms with E-state index in [4.69, 9.17) is 4.63 Å². The number of anilines is 1. The predicted octanol–water partition coefficient (Wildman–Crippen LogP) is 2.52. The SMILES string of the molecule is Cc1nonc1Cn1cnc2c(N(CF)CF)nc(C(C)(C)C)nc21. The van der Waals surface area contributed by atoms with Gasteiger partial charge < -0.3 is 4.57 Å². The van der Waals surface area contributed by atoms with Gasteiger partial charge in [-0.3, -0.25) is 4.90 Å². The molecular formula is C15H19F2N7O. The molecular weight excluding hydrogens is 332 g/mol. The highest BCUT2D eigenvalue weighted by molar-refractivity contribution is 5.83. The highest BCUT2D eigenvalue weighted by Gasteiger charge is 2.24. The number of nitrogens with zero attached hydrogens (tertiary/aromatic N) is 7. The first-order valence-electron chi connectivity index (χ1n) is 7.73. The van der Waals surface area contributed by atoms with Crippen LogP contribution < -0.4 is 4.90 Å². The maximum atomic E-state index is 13.2. The van der Waals surface area contributed by atoms with Crippen LogP contribution in [0.1, 0.15) is 38.0 Å². The number of aromatic nitrogens is 6. The first-order valence-corrected chi connectivity index (χ1v) is 7.73. The summed E-state index contributed by atoms with van der Waals surface area (Å²) in [5, 5.41) is 7.60. The molecule has 0 radical (unpaired) electrons. The molecule has 10 heteroatoms. The Bertz CT molecular complexity index is 880. The average molecular weight is 351 g/mol. The molecule has 0 aliphatic rings. The molecule has 0 atom stereocenters. The third-order valence-corrected chi connectivity index (χ3v) is 3.77. The Morgan fingerprint density at radius 3 is 2.44 bits per heavy atom. The molecule has 25 heavy (non-hydrogen) atoms. The maximum absolute atomic E-state index is 13.2. The van der Waals surface area contributed by atoms with E-state index < -0.39 is 19.0 Å². The van der Waals surface area contributed by atoms with Crippen molar-refractivity contribution in [2.45, 2.75) is 39.7 Å². The minimum atomic E-state index is -1.01. The zero-order valence-electron chi connectivity index (χ0n) is 14.5. The van der Waals surface area contributed by atoms with Crippen LogP contribution in [0.2, 0.25) is 0 Å². The van der Waals surface area contributed by atoms with Gasteiger partial charge in [0.2, 0.25) is 0 Å². The van der Waals surface area contributed by atoms with Crippen molar-refractivity contribution in [3.8, 4) is 0 Å². The molecule has 3 aromatic heterocycles. The fourth-order valence-corrected chi connectivity index (χ4v) is 2.30. The molecule has 0 fully saturated rings. The Balaban J connectivity index is 2.18. The van der Waals surface area contributed by atoms with Gasteiger partial charge in [-0.1, -0.05) is 31.1 Å². The molecule has 0 aliphatic heterocycles. The van der Waals surface area contributed by atoms with Crippen LogP contribution in [-0.4, -0.2) is 43.4 Å². The van der Waals surface area contributed by atoms with Crippen molar-refractivity contribution < 1.29 is 13.4 Å². The van der Waals surface area contributed by atoms with E-state index in [1.807, 2.05) is 20.8 Å². The van der Waals surface area contributed by atoms with E-state index in [0.717, 1.165) is 4.90 Å². The highest BCUT2D eigenvalue weighted by Crippen LogP contribution is 2.28. The largest absolute Gasteiger partial charge is 0.309 e. The lowest BCUT2D eigenvalue weighted by atomic mass is 9.96. The molecule has 0 spiro atoms. The van der Waals surface area contributed by atoms with Gasteiger partial charge in [0.1, 0.15) is 17.2 Å². The fourth-order valence-electron chi connectivity index (χ4n) is 2.30. The molecule has 0 aromatic carbocycles. The number of fused-ring (bicyclic) bond motifs is 1. The Morgan fingerprint density at radius 1 is 1.16 bits per heavy atom. The second-order valence-electron chi connectivity index (χ2n) is 6.74. The van der Waals surface area contributed by atoms with Crippen LogP contribution in [-0.2, 0) is 12.0 Å². The molecule has 0 amide bonds. The van der Waals surface area contributed by atoms with Crippen molar-refractivity contribution in [2.24, 2.45) is 0 Å². The molecule has 0 bridgehead atoms. The Labute approximate surface area is 142 Å². The van der Waals surface area contributed by atoms with E-state index in [0.29, 0.717) is 34.9 Å². The second-order valence-corrected chi connectivity index (χ2v) is 6.74. The minimum absolute atomic E-state index is 0.133. The van der Waals surface area contributed by atoms with Gasteiger partial charge in [-0.25, -0.2) is 28.4 Å². The molecule has 134 valence electrons. The second kappa shape index (κ2) is 6.34. The van der Waals surface area contributed by atoms with E-state index in [1.54, 1.807) is 11.5 Å². The van der Waals surface area contributed by atoms with Crippen molar-refractivity contribution >= 4 is 17.0 Å². The Kier molecular flexibility index (Phi) is 4.36.